The molecule has 1 heterocycles. The molecule has 0 aliphatic carbocycles. The lowest BCUT2D eigenvalue weighted by Gasteiger charge is -2.45. The van der Waals surface area contributed by atoms with Gasteiger partial charge < -0.3 is 42.6 Å². The monoisotopic (exact) mass is 720 g/mol. The fraction of sp³-hybridized carbons (Fsp3) is 0.400. The van der Waals surface area contributed by atoms with E-state index in [0.29, 0.717) is 12.4 Å². The van der Waals surface area contributed by atoms with E-state index < -0.39 is 40.7 Å². The van der Waals surface area contributed by atoms with Crippen LogP contribution in [-0.4, -0.2) is 74.9 Å². The number of hydrogen-bond acceptors (Lipinski definition) is 10. The number of benzene rings is 4. The number of ether oxygens (including phenoxy) is 9. The summed E-state index contributed by atoms with van der Waals surface area (Å²) in [5.41, 5.74) is 2.98. The lowest BCUT2D eigenvalue weighted by molar-refractivity contribution is -0.255. The molecule has 4 aromatic rings. The quantitative estimate of drug-likeness (QED) is 0.107. The second-order valence-electron chi connectivity index (χ2n) is 11.9. The SMILES string of the molecule is CCS(=O)[C@@H]1O[C@H](COCc2ccc(OC)cc2)[C@H](OCc2ccc(OC)cc2)[C@H](OCc2ccc(OC)cc2)[C@H]1OCc1ccc(OC)cc1. The van der Waals surface area contributed by atoms with Gasteiger partial charge >= 0.3 is 0 Å². The van der Waals surface area contributed by atoms with E-state index in [2.05, 4.69) is 0 Å². The van der Waals surface area contributed by atoms with Crippen molar-refractivity contribution in [3.63, 3.8) is 0 Å². The Morgan fingerprint density at radius 3 is 1.24 bits per heavy atom. The van der Waals surface area contributed by atoms with Crippen molar-refractivity contribution < 1.29 is 46.8 Å². The molecule has 274 valence electrons. The van der Waals surface area contributed by atoms with Crippen molar-refractivity contribution in [1.29, 1.82) is 0 Å². The molecule has 0 aromatic heterocycles. The zero-order chi connectivity index (χ0) is 36.0. The lowest BCUT2D eigenvalue weighted by Crippen LogP contribution is -2.62. The number of methoxy groups -OCH3 is 4. The highest BCUT2D eigenvalue weighted by Gasteiger charge is 2.50. The van der Waals surface area contributed by atoms with Crippen LogP contribution in [0.2, 0.25) is 0 Å². The minimum absolute atomic E-state index is 0.171. The molecule has 1 unspecified atom stereocenters. The molecule has 5 rings (SSSR count). The van der Waals surface area contributed by atoms with Crippen LogP contribution in [-0.2, 0) is 60.9 Å². The highest BCUT2D eigenvalue weighted by atomic mass is 32.2. The van der Waals surface area contributed by atoms with Gasteiger partial charge in [0.25, 0.3) is 0 Å². The zero-order valence-electron chi connectivity index (χ0n) is 29.9. The van der Waals surface area contributed by atoms with Crippen molar-refractivity contribution in [2.45, 2.75) is 63.2 Å². The van der Waals surface area contributed by atoms with Crippen LogP contribution < -0.4 is 18.9 Å². The highest BCUT2D eigenvalue weighted by molar-refractivity contribution is 7.85. The predicted molar refractivity (Wildman–Crippen MR) is 195 cm³/mol. The summed E-state index contributed by atoms with van der Waals surface area (Å²) in [5.74, 6) is 3.38. The van der Waals surface area contributed by atoms with Crippen molar-refractivity contribution in [1.82, 2.24) is 0 Å². The van der Waals surface area contributed by atoms with Gasteiger partial charge in [-0.3, -0.25) is 4.21 Å². The zero-order valence-corrected chi connectivity index (χ0v) is 30.7. The van der Waals surface area contributed by atoms with Crippen LogP contribution in [0.15, 0.2) is 97.1 Å². The van der Waals surface area contributed by atoms with Gasteiger partial charge in [0, 0.05) is 5.75 Å². The first-order chi connectivity index (χ1) is 24.9. The van der Waals surface area contributed by atoms with Gasteiger partial charge in [-0.1, -0.05) is 55.5 Å². The van der Waals surface area contributed by atoms with Crippen LogP contribution >= 0.6 is 0 Å². The first-order valence-electron chi connectivity index (χ1n) is 16.9. The fourth-order valence-electron chi connectivity index (χ4n) is 5.71. The second-order valence-corrected chi connectivity index (χ2v) is 13.8. The summed E-state index contributed by atoms with van der Waals surface area (Å²) >= 11 is 0. The van der Waals surface area contributed by atoms with Crippen molar-refractivity contribution >= 4 is 10.8 Å². The Hall–Kier alpha value is -3.97. The first-order valence-corrected chi connectivity index (χ1v) is 18.3. The summed E-state index contributed by atoms with van der Waals surface area (Å²) < 4.78 is 68.0. The third-order valence-electron chi connectivity index (χ3n) is 8.65. The van der Waals surface area contributed by atoms with Crippen molar-refractivity contribution in [2.75, 3.05) is 40.8 Å². The van der Waals surface area contributed by atoms with Gasteiger partial charge in [0.1, 0.15) is 47.4 Å². The van der Waals surface area contributed by atoms with E-state index in [1.807, 2.05) is 104 Å². The second kappa shape index (κ2) is 19.6. The maximum Gasteiger partial charge on any atom is 0.161 e. The minimum Gasteiger partial charge on any atom is -0.497 e. The summed E-state index contributed by atoms with van der Waals surface area (Å²) in [7, 11) is 5.12. The Balaban J connectivity index is 1.44. The summed E-state index contributed by atoms with van der Waals surface area (Å²) in [5, 5.41) is 0. The third kappa shape index (κ3) is 10.8. The van der Waals surface area contributed by atoms with Crippen LogP contribution in [0.5, 0.6) is 23.0 Å². The number of rotatable bonds is 19. The summed E-state index contributed by atoms with van der Waals surface area (Å²) in [6.07, 6.45) is -2.67. The van der Waals surface area contributed by atoms with Crippen molar-refractivity contribution in [2.24, 2.45) is 0 Å². The van der Waals surface area contributed by atoms with Crippen LogP contribution in [0.1, 0.15) is 29.2 Å². The normalized spacial score (nSPS) is 20.8. The van der Waals surface area contributed by atoms with Crippen molar-refractivity contribution in [3.05, 3.63) is 119 Å². The lowest BCUT2D eigenvalue weighted by atomic mass is 9.98. The average Bonchev–Trinajstić information content (AvgIpc) is 3.19. The van der Waals surface area contributed by atoms with Gasteiger partial charge in [-0.2, -0.15) is 0 Å². The molecule has 0 amide bonds. The Bertz CT molecular complexity index is 1610. The van der Waals surface area contributed by atoms with Crippen LogP contribution in [0.3, 0.4) is 0 Å². The molecule has 0 bridgehead atoms. The molecule has 0 saturated carbocycles. The van der Waals surface area contributed by atoms with Gasteiger partial charge in [0.2, 0.25) is 0 Å². The molecule has 0 spiro atoms. The molecule has 0 N–H and O–H groups in total. The van der Waals surface area contributed by atoms with Crippen LogP contribution in [0.25, 0.3) is 0 Å². The van der Waals surface area contributed by atoms with Crippen LogP contribution in [0, 0.1) is 0 Å². The van der Waals surface area contributed by atoms with E-state index >= 15 is 0 Å². The van der Waals surface area contributed by atoms with Crippen molar-refractivity contribution in [3.8, 4) is 23.0 Å². The van der Waals surface area contributed by atoms with E-state index in [1.165, 1.54) is 0 Å². The van der Waals surface area contributed by atoms with Gasteiger partial charge in [-0.25, -0.2) is 0 Å². The van der Waals surface area contributed by atoms with E-state index in [9.17, 15) is 4.21 Å². The highest BCUT2D eigenvalue weighted by Crippen LogP contribution is 2.33. The van der Waals surface area contributed by atoms with Gasteiger partial charge in [0.15, 0.2) is 5.44 Å². The minimum atomic E-state index is -1.41. The van der Waals surface area contributed by atoms with Gasteiger partial charge in [0.05, 0.1) is 72.3 Å². The maximum atomic E-state index is 13.7. The van der Waals surface area contributed by atoms with E-state index in [-0.39, 0.29) is 26.4 Å². The van der Waals surface area contributed by atoms with E-state index in [4.69, 9.17) is 42.6 Å². The molecular weight excluding hydrogens is 672 g/mol. The molecule has 1 saturated heterocycles. The molecule has 6 atom stereocenters. The van der Waals surface area contributed by atoms with E-state index in [1.54, 1.807) is 28.4 Å². The average molecular weight is 721 g/mol. The molecule has 1 aliphatic heterocycles. The smallest absolute Gasteiger partial charge is 0.161 e. The molecule has 1 fully saturated rings. The predicted octanol–water partition coefficient (Wildman–Crippen LogP) is 6.49. The molecule has 0 radical (unpaired) electrons. The van der Waals surface area contributed by atoms with E-state index in [0.717, 1.165) is 45.3 Å². The molecule has 4 aromatic carbocycles. The standard InChI is InChI=1S/C40H48O10S/c1-6-51(41)40-39(49-26-31-13-21-35(45-5)22-14-31)38(48-25-30-11-19-34(44-4)20-12-30)37(47-24-29-9-17-33(43-3)18-10-29)36(50-40)27-46-23-28-7-15-32(42-2)16-8-28/h7-22,36-40H,6,23-27H2,1-5H3/t36-,37+,38+,39-,40+,51?/m1/s1. The summed E-state index contributed by atoms with van der Waals surface area (Å²) in [4.78, 5) is 0. The molecule has 11 heteroatoms. The topological polar surface area (TPSA) is 100 Å². The Labute approximate surface area is 303 Å². The van der Waals surface area contributed by atoms with Crippen LogP contribution in [0.4, 0.5) is 0 Å². The number of hydrogen-bond donors (Lipinski definition) is 0. The Kier molecular flexibility index (Phi) is 14.7. The summed E-state index contributed by atoms with van der Waals surface area (Å²) in [6, 6.07) is 30.7. The molecular formula is C40H48O10S. The third-order valence-corrected chi connectivity index (χ3v) is 10.1. The van der Waals surface area contributed by atoms with Gasteiger partial charge in [-0.05, 0) is 70.8 Å². The largest absolute Gasteiger partial charge is 0.497 e. The fourth-order valence-corrected chi connectivity index (χ4v) is 6.84. The Morgan fingerprint density at radius 2 is 0.863 bits per heavy atom. The molecule has 1 aliphatic rings. The summed E-state index contributed by atoms with van der Waals surface area (Å²) in [6.45, 7) is 3.14. The maximum absolute atomic E-state index is 13.7. The molecule has 10 nitrogen and oxygen atoms in total. The van der Waals surface area contributed by atoms with Gasteiger partial charge in [-0.15, -0.1) is 0 Å². The molecule has 51 heavy (non-hydrogen) atoms. The Morgan fingerprint density at radius 1 is 0.510 bits per heavy atom. The first kappa shape index (κ1) is 38.3.